The molecular weight excluding hydrogens is 418 g/mol. The summed E-state index contributed by atoms with van der Waals surface area (Å²) in [5.74, 6) is 0.171. The number of benzene rings is 1. The summed E-state index contributed by atoms with van der Waals surface area (Å²) >= 11 is 5.04. The Morgan fingerprint density at radius 2 is 2.19 bits per heavy atom. The zero-order valence-electron chi connectivity index (χ0n) is 15.0. The van der Waals surface area contributed by atoms with Gasteiger partial charge in [-0.2, -0.15) is 0 Å². The Hall–Kier alpha value is -1.54. The fourth-order valence-electron chi connectivity index (χ4n) is 3.51. The second-order valence-corrected chi connectivity index (χ2v) is 9.38. The summed E-state index contributed by atoms with van der Waals surface area (Å²) in [4.78, 5) is 40.2. The summed E-state index contributed by atoms with van der Waals surface area (Å²) in [6.45, 7) is 3.87. The third kappa shape index (κ3) is 3.62. The molecule has 6 nitrogen and oxygen atoms in total. The average molecular weight is 440 g/mol. The van der Waals surface area contributed by atoms with Crippen LogP contribution in [0.15, 0.2) is 22.7 Å². The van der Waals surface area contributed by atoms with Crippen LogP contribution in [0.4, 0.5) is 5.69 Å². The molecular formula is C18H22BrN3O3S. The topological polar surface area (TPSA) is 69.7 Å². The van der Waals surface area contributed by atoms with Crippen molar-refractivity contribution in [3.05, 3.63) is 28.2 Å². The fraction of sp³-hybridized carbons (Fsp3) is 0.500. The van der Waals surface area contributed by atoms with E-state index in [-0.39, 0.29) is 29.1 Å². The Labute approximate surface area is 165 Å². The highest BCUT2D eigenvalue weighted by molar-refractivity contribution is 9.10. The molecule has 2 fully saturated rings. The first-order valence-electron chi connectivity index (χ1n) is 8.48. The molecule has 1 aromatic carbocycles. The average Bonchev–Trinajstić information content (AvgIpc) is 3.06. The first-order chi connectivity index (χ1) is 12.2. The van der Waals surface area contributed by atoms with E-state index in [1.54, 1.807) is 23.7 Å². The number of hydrogen-bond donors (Lipinski definition) is 1. The number of thioether (sulfide) groups is 1. The van der Waals surface area contributed by atoms with E-state index in [2.05, 4.69) is 21.2 Å². The predicted octanol–water partition coefficient (Wildman–Crippen LogP) is 2.61. The standard InChI is InChI=1S/C18H22BrN3O3S/c1-11-8-12(19)4-5-13(11)20-15(23)9-21(3)17(25)14-10-26-18(2)7-6-16(24)22(14)18/h4-5,8,14H,6-7,9-10H2,1-3H3,(H,20,23)/t14-,18+/m1/s1. The van der Waals surface area contributed by atoms with Gasteiger partial charge in [0.1, 0.15) is 6.04 Å². The van der Waals surface area contributed by atoms with Crippen LogP contribution in [0, 0.1) is 6.92 Å². The summed E-state index contributed by atoms with van der Waals surface area (Å²) in [6, 6.07) is 5.11. The van der Waals surface area contributed by atoms with Gasteiger partial charge in [-0.3, -0.25) is 14.4 Å². The van der Waals surface area contributed by atoms with Crippen molar-refractivity contribution in [2.24, 2.45) is 0 Å². The predicted molar refractivity (Wildman–Crippen MR) is 106 cm³/mol. The number of likely N-dealkylation sites (N-methyl/N-ethyl adjacent to an activating group) is 1. The Balaban J connectivity index is 1.62. The number of halogens is 1. The third-order valence-electron chi connectivity index (χ3n) is 4.95. The smallest absolute Gasteiger partial charge is 0.246 e. The summed E-state index contributed by atoms with van der Waals surface area (Å²) in [7, 11) is 1.61. The Morgan fingerprint density at radius 1 is 1.46 bits per heavy atom. The largest absolute Gasteiger partial charge is 0.335 e. The van der Waals surface area contributed by atoms with E-state index in [0.29, 0.717) is 12.2 Å². The van der Waals surface area contributed by atoms with E-state index in [1.165, 1.54) is 4.90 Å². The maximum Gasteiger partial charge on any atom is 0.246 e. The second-order valence-electron chi connectivity index (χ2n) is 6.97. The quantitative estimate of drug-likeness (QED) is 0.782. The maximum atomic E-state index is 12.8. The highest BCUT2D eigenvalue weighted by Gasteiger charge is 2.53. The molecule has 1 N–H and O–H groups in total. The number of nitrogens with one attached hydrogen (secondary N) is 1. The van der Waals surface area contributed by atoms with Gasteiger partial charge in [-0.1, -0.05) is 15.9 Å². The molecule has 2 aliphatic rings. The molecule has 0 bridgehead atoms. The van der Waals surface area contributed by atoms with Crippen LogP contribution in [0.3, 0.4) is 0 Å². The molecule has 0 aliphatic carbocycles. The minimum absolute atomic E-state index is 0.0270. The molecule has 0 aromatic heterocycles. The zero-order chi connectivity index (χ0) is 19.1. The molecule has 2 heterocycles. The van der Waals surface area contributed by atoms with Gasteiger partial charge in [0.15, 0.2) is 0 Å². The molecule has 3 rings (SSSR count). The third-order valence-corrected chi connectivity index (χ3v) is 6.95. The number of aryl methyl sites for hydroxylation is 1. The number of anilines is 1. The van der Waals surface area contributed by atoms with Crippen LogP contribution in [0.5, 0.6) is 0 Å². The van der Waals surface area contributed by atoms with Gasteiger partial charge in [-0.25, -0.2) is 0 Å². The molecule has 8 heteroatoms. The Morgan fingerprint density at radius 3 is 2.88 bits per heavy atom. The summed E-state index contributed by atoms with van der Waals surface area (Å²) in [6.07, 6.45) is 1.26. The molecule has 0 spiro atoms. The fourth-order valence-corrected chi connectivity index (χ4v) is 5.41. The van der Waals surface area contributed by atoms with Crippen molar-refractivity contribution in [3.8, 4) is 0 Å². The minimum Gasteiger partial charge on any atom is -0.335 e. The monoisotopic (exact) mass is 439 g/mol. The Bertz CT molecular complexity index is 772. The molecule has 2 aliphatic heterocycles. The van der Waals surface area contributed by atoms with Gasteiger partial charge in [-0.05, 0) is 44.0 Å². The van der Waals surface area contributed by atoms with Crippen molar-refractivity contribution in [2.75, 3.05) is 24.7 Å². The van der Waals surface area contributed by atoms with Crippen molar-refractivity contribution in [1.29, 1.82) is 0 Å². The molecule has 1 aromatic rings. The van der Waals surface area contributed by atoms with Gasteiger partial charge >= 0.3 is 0 Å². The summed E-state index contributed by atoms with van der Waals surface area (Å²) < 4.78 is 0.942. The van der Waals surface area contributed by atoms with E-state index in [4.69, 9.17) is 0 Å². The van der Waals surface area contributed by atoms with E-state index in [1.807, 2.05) is 32.0 Å². The van der Waals surface area contributed by atoms with Gasteiger partial charge in [-0.15, -0.1) is 11.8 Å². The van der Waals surface area contributed by atoms with Gasteiger partial charge in [0.05, 0.1) is 11.4 Å². The van der Waals surface area contributed by atoms with E-state index >= 15 is 0 Å². The van der Waals surface area contributed by atoms with Crippen LogP contribution in [0.2, 0.25) is 0 Å². The van der Waals surface area contributed by atoms with Crippen LogP contribution in [0.1, 0.15) is 25.3 Å². The lowest BCUT2D eigenvalue weighted by Crippen LogP contribution is -2.51. The molecule has 140 valence electrons. The maximum absolute atomic E-state index is 12.8. The highest BCUT2D eigenvalue weighted by atomic mass is 79.9. The van der Waals surface area contributed by atoms with Crippen LogP contribution < -0.4 is 5.32 Å². The van der Waals surface area contributed by atoms with Crippen molar-refractivity contribution in [1.82, 2.24) is 9.80 Å². The van der Waals surface area contributed by atoms with Gasteiger partial charge in [0, 0.05) is 29.4 Å². The molecule has 0 unspecified atom stereocenters. The molecule has 26 heavy (non-hydrogen) atoms. The number of hydrogen-bond acceptors (Lipinski definition) is 4. The van der Waals surface area contributed by atoms with Crippen LogP contribution >= 0.6 is 27.7 Å². The van der Waals surface area contributed by atoms with Crippen molar-refractivity contribution in [2.45, 2.75) is 37.6 Å². The van der Waals surface area contributed by atoms with E-state index in [0.717, 1.165) is 22.1 Å². The number of carbonyl (C=O) groups is 3. The van der Waals surface area contributed by atoms with Crippen molar-refractivity contribution < 1.29 is 14.4 Å². The van der Waals surface area contributed by atoms with Crippen LogP contribution in [-0.4, -0.2) is 57.8 Å². The van der Waals surface area contributed by atoms with Gasteiger partial charge in [0.25, 0.3) is 0 Å². The number of amides is 3. The molecule has 2 saturated heterocycles. The molecule has 2 atom stereocenters. The normalized spacial score (nSPS) is 24.5. The first-order valence-corrected chi connectivity index (χ1v) is 10.3. The molecule has 0 radical (unpaired) electrons. The highest BCUT2D eigenvalue weighted by Crippen LogP contribution is 2.47. The second kappa shape index (κ2) is 7.23. The van der Waals surface area contributed by atoms with Crippen molar-refractivity contribution in [3.63, 3.8) is 0 Å². The number of rotatable bonds is 4. The van der Waals surface area contributed by atoms with Crippen LogP contribution in [-0.2, 0) is 14.4 Å². The number of carbonyl (C=O) groups excluding carboxylic acids is 3. The lowest BCUT2D eigenvalue weighted by molar-refractivity contribution is -0.143. The number of nitrogens with zero attached hydrogens (tertiary/aromatic N) is 2. The minimum atomic E-state index is -0.479. The van der Waals surface area contributed by atoms with E-state index in [9.17, 15) is 14.4 Å². The van der Waals surface area contributed by atoms with Gasteiger partial charge in [0.2, 0.25) is 17.7 Å². The summed E-state index contributed by atoms with van der Waals surface area (Å²) in [5.41, 5.74) is 1.66. The lowest BCUT2D eigenvalue weighted by atomic mass is 10.2. The lowest BCUT2D eigenvalue weighted by Gasteiger charge is -2.31. The zero-order valence-corrected chi connectivity index (χ0v) is 17.4. The summed E-state index contributed by atoms with van der Waals surface area (Å²) in [5, 5.41) is 2.84. The number of fused-ring (bicyclic) bond motifs is 1. The van der Waals surface area contributed by atoms with E-state index < -0.39 is 6.04 Å². The molecule has 0 saturated carbocycles. The SMILES string of the molecule is Cc1cc(Br)ccc1NC(=O)CN(C)C(=O)[C@H]1CS[C@@]2(C)CCC(=O)N12. The molecule has 3 amide bonds. The first kappa shape index (κ1) is 19.2. The van der Waals surface area contributed by atoms with Crippen LogP contribution in [0.25, 0.3) is 0 Å². The Kier molecular flexibility index (Phi) is 5.35. The van der Waals surface area contributed by atoms with Gasteiger partial charge < -0.3 is 15.1 Å². The van der Waals surface area contributed by atoms with Crippen molar-refractivity contribution >= 4 is 51.1 Å².